The number of nitrogens with zero attached hydrogens (tertiary/aromatic N) is 4. The largest absolute Gasteiger partial charge is 0.446 e. The van der Waals surface area contributed by atoms with Gasteiger partial charge >= 0.3 is 6.09 Å². The molecular formula is C18H22N6O2. The Hall–Kier alpha value is -2.64. The molecule has 3 unspecified atom stereocenters. The Balaban J connectivity index is 1.44. The highest BCUT2D eigenvalue weighted by atomic mass is 16.6. The van der Waals surface area contributed by atoms with E-state index in [-0.39, 0.29) is 18.1 Å². The van der Waals surface area contributed by atoms with E-state index in [0.29, 0.717) is 12.0 Å². The van der Waals surface area contributed by atoms with Gasteiger partial charge in [0.15, 0.2) is 11.3 Å². The minimum absolute atomic E-state index is 0.0698. The minimum atomic E-state index is -0.281. The van der Waals surface area contributed by atoms with Gasteiger partial charge in [0.25, 0.3) is 0 Å². The number of hydrogen-bond acceptors (Lipinski definition) is 5. The number of nitrogens with one attached hydrogen (secondary N) is 2. The summed E-state index contributed by atoms with van der Waals surface area (Å²) in [4.78, 5) is 19.5. The van der Waals surface area contributed by atoms with E-state index in [1.54, 1.807) is 6.20 Å². The maximum atomic E-state index is 12.0. The summed E-state index contributed by atoms with van der Waals surface area (Å²) >= 11 is 0. The van der Waals surface area contributed by atoms with Gasteiger partial charge in [-0.25, -0.2) is 9.78 Å². The predicted molar refractivity (Wildman–Crippen MR) is 94.8 cm³/mol. The fourth-order valence-corrected chi connectivity index (χ4v) is 4.16. The summed E-state index contributed by atoms with van der Waals surface area (Å²) in [7, 11) is 0. The van der Waals surface area contributed by atoms with Crippen molar-refractivity contribution in [1.29, 1.82) is 0 Å². The third-order valence-electron chi connectivity index (χ3n) is 5.65. The van der Waals surface area contributed by atoms with Crippen LogP contribution in [0.25, 0.3) is 16.8 Å². The van der Waals surface area contributed by atoms with Crippen LogP contribution in [0.1, 0.15) is 50.8 Å². The van der Waals surface area contributed by atoms with E-state index in [4.69, 9.17) is 4.74 Å². The molecule has 2 aliphatic rings. The van der Waals surface area contributed by atoms with E-state index in [1.165, 1.54) is 0 Å². The first kappa shape index (κ1) is 15.6. The lowest BCUT2D eigenvalue weighted by Gasteiger charge is -2.15. The van der Waals surface area contributed by atoms with Gasteiger partial charge in [-0.15, -0.1) is 10.2 Å². The minimum Gasteiger partial charge on any atom is -0.446 e. The number of rotatable bonds is 4. The molecule has 0 aliphatic heterocycles. The van der Waals surface area contributed by atoms with Gasteiger partial charge in [-0.1, -0.05) is 13.3 Å². The highest BCUT2D eigenvalue weighted by Crippen LogP contribution is 2.42. The molecule has 136 valence electrons. The van der Waals surface area contributed by atoms with Crippen LogP contribution in [0.4, 0.5) is 4.79 Å². The predicted octanol–water partition coefficient (Wildman–Crippen LogP) is 2.77. The molecule has 3 atom stereocenters. The number of carbonyl (C=O) groups is 1. The molecule has 5 rings (SSSR count). The third kappa shape index (κ3) is 2.60. The normalized spacial score (nSPS) is 25.8. The van der Waals surface area contributed by atoms with Crippen molar-refractivity contribution in [3.63, 3.8) is 0 Å². The lowest BCUT2D eigenvalue weighted by atomic mass is 9.93. The van der Waals surface area contributed by atoms with Crippen LogP contribution in [0.2, 0.25) is 0 Å². The first-order chi connectivity index (χ1) is 12.7. The van der Waals surface area contributed by atoms with Gasteiger partial charge < -0.3 is 15.0 Å². The molecule has 8 nitrogen and oxygen atoms in total. The molecule has 2 saturated carbocycles. The van der Waals surface area contributed by atoms with Gasteiger partial charge in [0.2, 0.25) is 0 Å². The van der Waals surface area contributed by atoms with Crippen molar-refractivity contribution >= 4 is 22.9 Å². The van der Waals surface area contributed by atoms with Crippen LogP contribution in [0, 0.1) is 5.92 Å². The van der Waals surface area contributed by atoms with E-state index in [9.17, 15) is 4.79 Å². The lowest BCUT2D eigenvalue weighted by Crippen LogP contribution is -2.29. The van der Waals surface area contributed by atoms with Crippen LogP contribution < -0.4 is 5.32 Å². The fraction of sp³-hybridized carbons (Fsp3) is 0.556. The van der Waals surface area contributed by atoms with E-state index in [2.05, 4.69) is 36.8 Å². The molecule has 26 heavy (non-hydrogen) atoms. The number of ether oxygens (including phenoxy) is 1. The molecule has 0 spiro atoms. The number of aromatic nitrogens is 5. The van der Waals surface area contributed by atoms with Gasteiger partial charge in [0, 0.05) is 18.2 Å². The molecule has 3 heterocycles. The Bertz CT molecular complexity index is 959. The zero-order valence-corrected chi connectivity index (χ0v) is 14.7. The van der Waals surface area contributed by atoms with Gasteiger partial charge in [-0.2, -0.15) is 0 Å². The first-order valence-corrected chi connectivity index (χ1v) is 9.37. The van der Waals surface area contributed by atoms with Crippen LogP contribution in [0.15, 0.2) is 18.5 Å². The summed E-state index contributed by atoms with van der Waals surface area (Å²) in [6, 6.07) is 2.31. The number of hydrogen-bond donors (Lipinski definition) is 2. The molecule has 8 heteroatoms. The number of H-pyrrole nitrogens is 1. The number of amides is 1. The van der Waals surface area contributed by atoms with Gasteiger partial charge in [-0.3, -0.25) is 4.40 Å². The Morgan fingerprint density at radius 3 is 3.08 bits per heavy atom. The number of fused-ring (bicyclic) bond motifs is 3. The molecule has 3 aromatic rings. The standard InChI is InChI=1S/C18H22N6O2/c1-2-10-7-12(26-18(25)21-11-3-4-11)8-13(10)17-23-22-15-9-20-16-14(24(15)17)5-6-19-16/h5-6,9-13,19H,2-4,7-8H2,1H3,(H,21,25). The number of aromatic amines is 1. The molecule has 0 bridgehead atoms. The summed E-state index contributed by atoms with van der Waals surface area (Å²) < 4.78 is 7.76. The van der Waals surface area contributed by atoms with Crippen molar-refractivity contribution in [3.05, 3.63) is 24.3 Å². The Kier molecular flexibility index (Phi) is 3.58. The maximum Gasteiger partial charge on any atom is 0.407 e. The maximum absolute atomic E-state index is 12.0. The van der Waals surface area contributed by atoms with Gasteiger partial charge in [-0.05, 0) is 37.7 Å². The highest BCUT2D eigenvalue weighted by Gasteiger charge is 2.39. The van der Waals surface area contributed by atoms with Crippen molar-refractivity contribution in [2.24, 2.45) is 5.92 Å². The molecule has 0 radical (unpaired) electrons. The Morgan fingerprint density at radius 2 is 2.27 bits per heavy atom. The molecule has 2 aliphatic carbocycles. The van der Waals surface area contributed by atoms with E-state index in [1.807, 2.05) is 12.3 Å². The fourth-order valence-electron chi connectivity index (χ4n) is 4.16. The number of alkyl carbamates (subject to hydrolysis) is 1. The van der Waals surface area contributed by atoms with Crippen LogP contribution >= 0.6 is 0 Å². The van der Waals surface area contributed by atoms with Crippen molar-refractivity contribution in [2.45, 2.75) is 57.1 Å². The van der Waals surface area contributed by atoms with Crippen LogP contribution in [0.5, 0.6) is 0 Å². The Morgan fingerprint density at radius 1 is 1.38 bits per heavy atom. The van der Waals surface area contributed by atoms with Crippen molar-refractivity contribution < 1.29 is 9.53 Å². The summed E-state index contributed by atoms with van der Waals surface area (Å²) in [5.41, 5.74) is 2.55. The summed E-state index contributed by atoms with van der Waals surface area (Å²) in [5, 5.41) is 11.7. The summed E-state index contributed by atoms with van der Waals surface area (Å²) in [6.07, 6.45) is 8.06. The van der Waals surface area contributed by atoms with Gasteiger partial charge in [0.05, 0.1) is 11.7 Å². The van der Waals surface area contributed by atoms with Crippen LogP contribution in [-0.2, 0) is 4.74 Å². The number of carbonyl (C=O) groups excluding carboxylic acids is 1. The SMILES string of the molecule is CCC1CC(OC(=O)NC2CC2)CC1c1nnc2cnc3[nH]ccc3n12. The molecule has 1 amide bonds. The second-order valence-electron chi connectivity index (χ2n) is 7.41. The topological polar surface area (TPSA) is 97.2 Å². The summed E-state index contributed by atoms with van der Waals surface area (Å²) in [5.74, 6) is 1.57. The second-order valence-corrected chi connectivity index (χ2v) is 7.41. The molecule has 2 N–H and O–H groups in total. The van der Waals surface area contributed by atoms with E-state index >= 15 is 0 Å². The van der Waals surface area contributed by atoms with E-state index in [0.717, 1.165) is 54.7 Å². The highest BCUT2D eigenvalue weighted by molar-refractivity contribution is 5.74. The smallest absolute Gasteiger partial charge is 0.407 e. The molecule has 0 saturated heterocycles. The lowest BCUT2D eigenvalue weighted by molar-refractivity contribution is 0.0977. The van der Waals surface area contributed by atoms with Gasteiger partial charge in [0.1, 0.15) is 11.9 Å². The average Bonchev–Trinajstić information content (AvgIpc) is 3.03. The Labute approximate surface area is 150 Å². The van der Waals surface area contributed by atoms with Crippen molar-refractivity contribution in [3.8, 4) is 0 Å². The van der Waals surface area contributed by atoms with E-state index < -0.39 is 0 Å². The zero-order chi connectivity index (χ0) is 17.7. The molecular weight excluding hydrogens is 332 g/mol. The summed E-state index contributed by atoms with van der Waals surface area (Å²) in [6.45, 7) is 2.18. The van der Waals surface area contributed by atoms with Crippen molar-refractivity contribution in [1.82, 2.24) is 29.9 Å². The molecule has 2 fully saturated rings. The third-order valence-corrected chi connectivity index (χ3v) is 5.65. The van der Waals surface area contributed by atoms with Crippen LogP contribution in [-0.4, -0.2) is 42.8 Å². The molecule has 3 aromatic heterocycles. The van der Waals surface area contributed by atoms with Crippen molar-refractivity contribution in [2.75, 3.05) is 0 Å². The first-order valence-electron chi connectivity index (χ1n) is 9.37. The quantitative estimate of drug-likeness (QED) is 0.751. The average molecular weight is 354 g/mol. The monoisotopic (exact) mass is 354 g/mol. The second kappa shape index (κ2) is 5.96. The zero-order valence-electron chi connectivity index (χ0n) is 14.7. The van der Waals surface area contributed by atoms with Crippen LogP contribution in [0.3, 0.4) is 0 Å². The molecule has 0 aromatic carbocycles.